The van der Waals surface area contributed by atoms with Gasteiger partial charge in [-0.05, 0) is 58.1 Å². The fourth-order valence-corrected chi connectivity index (χ4v) is 3.89. The molecule has 0 bridgehead atoms. The molecule has 2 N–H and O–H groups in total. The van der Waals surface area contributed by atoms with Crippen LogP contribution in [-0.4, -0.2) is 39.9 Å². The molecule has 2 heterocycles. The first-order valence-corrected chi connectivity index (χ1v) is 12.3. The zero-order valence-corrected chi connectivity index (χ0v) is 23.0. The number of aromatic nitrogens is 3. The summed E-state index contributed by atoms with van der Waals surface area (Å²) in [4.78, 5) is 4.81. The molecule has 1 aliphatic heterocycles. The molecule has 2 aromatic rings. The summed E-state index contributed by atoms with van der Waals surface area (Å²) in [5.74, 6) is 4.06. The molecule has 1 atom stereocenters. The molecule has 3 rings (SSSR count). The quantitative estimate of drug-likeness (QED) is 0.187. The number of aliphatic imine (C=N–C) groups is 1. The summed E-state index contributed by atoms with van der Waals surface area (Å²) in [5, 5.41) is 15.7. The number of hydrogen-bond donors (Lipinski definition) is 2. The Morgan fingerprint density at radius 1 is 1.18 bits per heavy atom. The van der Waals surface area contributed by atoms with E-state index in [4.69, 9.17) is 9.73 Å². The maximum absolute atomic E-state index is 6.14. The van der Waals surface area contributed by atoms with Crippen LogP contribution in [0, 0.1) is 6.92 Å². The van der Waals surface area contributed by atoms with Crippen LogP contribution in [0.3, 0.4) is 0 Å². The third kappa shape index (κ3) is 8.46. The van der Waals surface area contributed by atoms with Crippen molar-refractivity contribution in [3.63, 3.8) is 0 Å². The normalized spacial score (nSPS) is 14.6. The van der Waals surface area contributed by atoms with Gasteiger partial charge in [0.1, 0.15) is 17.4 Å². The number of fused-ring (bicyclic) bond motifs is 1. The van der Waals surface area contributed by atoms with E-state index in [-0.39, 0.29) is 30.1 Å². The number of nitrogens with zero attached hydrogens (tertiary/aromatic N) is 4. The maximum Gasteiger partial charge on any atom is 0.191 e. The van der Waals surface area contributed by atoms with Crippen LogP contribution in [0.15, 0.2) is 23.2 Å². The Morgan fingerprint density at radius 2 is 2.03 bits per heavy atom. The molecule has 0 saturated heterocycles. The molecule has 184 valence electrons. The molecule has 7 nitrogen and oxygen atoms in total. The van der Waals surface area contributed by atoms with E-state index in [1.54, 1.807) is 0 Å². The highest BCUT2D eigenvalue weighted by atomic mass is 127. The minimum atomic E-state index is 0. The summed E-state index contributed by atoms with van der Waals surface area (Å²) in [6, 6.07) is 6.35. The minimum Gasteiger partial charge on any atom is -0.490 e. The van der Waals surface area contributed by atoms with Gasteiger partial charge < -0.3 is 19.9 Å². The smallest absolute Gasteiger partial charge is 0.191 e. The summed E-state index contributed by atoms with van der Waals surface area (Å²) in [7, 11) is 0. The number of hydrogen-bond acceptors (Lipinski definition) is 4. The molecule has 1 unspecified atom stereocenters. The second-order valence-corrected chi connectivity index (χ2v) is 8.67. The highest BCUT2D eigenvalue weighted by molar-refractivity contribution is 14.0. The van der Waals surface area contributed by atoms with Crippen LogP contribution in [-0.2, 0) is 25.9 Å². The molecule has 0 saturated carbocycles. The molecule has 33 heavy (non-hydrogen) atoms. The lowest BCUT2D eigenvalue weighted by Gasteiger charge is -2.17. The van der Waals surface area contributed by atoms with E-state index in [0.29, 0.717) is 6.54 Å². The largest absolute Gasteiger partial charge is 0.490 e. The van der Waals surface area contributed by atoms with E-state index in [1.165, 1.54) is 24.8 Å². The van der Waals surface area contributed by atoms with E-state index < -0.39 is 0 Å². The van der Waals surface area contributed by atoms with Crippen LogP contribution < -0.4 is 15.4 Å². The molecular formula is C25H41IN6O. The molecule has 0 spiro atoms. The molecule has 8 heteroatoms. The molecule has 1 aliphatic rings. The standard InChI is InChI=1S/C25H40N6O.HI/c1-5-20(4)32-22-17-19(3)13-14-21(22)18-28-25(26-6-2)27-15-10-12-24-30-29-23-11-8-7-9-16-31(23)24;/h13-14,17,20H,5-12,15-16,18H2,1-4H3,(H2,26,27,28);1H. The molecule has 0 amide bonds. The van der Waals surface area contributed by atoms with E-state index in [1.807, 2.05) is 0 Å². The first-order chi connectivity index (χ1) is 15.6. The number of ether oxygens (including phenoxy) is 1. The van der Waals surface area contributed by atoms with Crippen molar-refractivity contribution in [2.24, 2.45) is 4.99 Å². The van der Waals surface area contributed by atoms with Crippen LogP contribution in [0.25, 0.3) is 0 Å². The molecule has 1 aromatic heterocycles. The summed E-state index contributed by atoms with van der Waals surface area (Å²) in [6.45, 7) is 11.7. The summed E-state index contributed by atoms with van der Waals surface area (Å²) in [6.07, 6.45) is 7.92. The third-order valence-corrected chi connectivity index (χ3v) is 5.93. The molecule has 0 radical (unpaired) electrons. The number of guanidine groups is 1. The molecular weight excluding hydrogens is 527 g/mol. The lowest BCUT2D eigenvalue weighted by Crippen LogP contribution is -2.38. The van der Waals surface area contributed by atoms with Gasteiger partial charge in [0, 0.05) is 38.0 Å². The molecule has 0 aliphatic carbocycles. The summed E-state index contributed by atoms with van der Waals surface area (Å²) in [5.41, 5.74) is 2.31. The van der Waals surface area contributed by atoms with Crippen molar-refractivity contribution in [2.75, 3.05) is 13.1 Å². The van der Waals surface area contributed by atoms with Crippen molar-refractivity contribution in [3.05, 3.63) is 41.0 Å². The topological polar surface area (TPSA) is 76.4 Å². The zero-order valence-electron chi connectivity index (χ0n) is 20.7. The van der Waals surface area contributed by atoms with Gasteiger partial charge in [-0.1, -0.05) is 25.5 Å². The average molecular weight is 569 g/mol. The van der Waals surface area contributed by atoms with Crippen LogP contribution in [0.5, 0.6) is 5.75 Å². The summed E-state index contributed by atoms with van der Waals surface area (Å²) >= 11 is 0. The second-order valence-electron chi connectivity index (χ2n) is 8.67. The van der Waals surface area contributed by atoms with Crippen molar-refractivity contribution in [1.29, 1.82) is 0 Å². The van der Waals surface area contributed by atoms with Crippen molar-refractivity contribution in [1.82, 2.24) is 25.4 Å². The predicted octanol–water partition coefficient (Wildman–Crippen LogP) is 4.80. The van der Waals surface area contributed by atoms with Gasteiger partial charge in [-0.25, -0.2) is 4.99 Å². The van der Waals surface area contributed by atoms with Gasteiger partial charge in [0.25, 0.3) is 0 Å². The van der Waals surface area contributed by atoms with Crippen molar-refractivity contribution in [3.8, 4) is 5.75 Å². The highest BCUT2D eigenvalue weighted by Crippen LogP contribution is 2.23. The fourth-order valence-electron chi connectivity index (χ4n) is 3.89. The number of aryl methyl sites for hydroxylation is 3. The average Bonchev–Trinajstić information content (AvgIpc) is 3.01. The Morgan fingerprint density at radius 3 is 2.82 bits per heavy atom. The lowest BCUT2D eigenvalue weighted by atomic mass is 10.1. The van der Waals surface area contributed by atoms with Gasteiger partial charge >= 0.3 is 0 Å². The van der Waals surface area contributed by atoms with E-state index >= 15 is 0 Å². The summed E-state index contributed by atoms with van der Waals surface area (Å²) < 4.78 is 8.47. The predicted molar refractivity (Wildman–Crippen MR) is 146 cm³/mol. The highest BCUT2D eigenvalue weighted by Gasteiger charge is 2.14. The Labute approximate surface area is 216 Å². The van der Waals surface area contributed by atoms with E-state index in [2.05, 4.69) is 71.3 Å². The lowest BCUT2D eigenvalue weighted by molar-refractivity contribution is 0.215. The van der Waals surface area contributed by atoms with Crippen LogP contribution >= 0.6 is 24.0 Å². The minimum absolute atomic E-state index is 0. The van der Waals surface area contributed by atoms with Gasteiger partial charge in [-0.15, -0.1) is 34.2 Å². The molecule has 1 aromatic carbocycles. The number of rotatable bonds is 10. The maximum atomic E-state index is 6.14. The van der Waals surface area contributed by atoms with Gasteiger partial charge in [-0.2, -0.15) is 0 Å². The van der Waals surface area contributed by atoms with E-state index in [0.717, 1.165) is 74.2 Å². The monoisotopic (exact) mass is 568 g/mol. The van der Waals surface area contributed by atoms with Crippen LogP contribution in [0.4, 0.5) is 0 Å². The number of nitrogens with one attached hydrogen (secondary N) is 2. The van der Waals surface area contributed by atoms with E-state index in [9.17, 15) is 0 Å². The Balaban J connectivity index is 0.00000385. The van der Waals surface area contributed by atoms with Gasteiger partial charge in [0.2, 0.25) is 0 Å². The second kappa shape index (κ2) is 14.4. The Kier molecular flexibility index (Phi) is 12.0. The Hall–Kier alpha value is -1.84. The first kappa shape index (κ1) is 27.4. The van der Waals surface area contributed by atoms with Gasteiger partial charge in [-0.3, -0.25) is 0 Å². The third-order valence-electron chi connectivity index (χ3n) is 5.93. The van der Waals surface area contributed by atoms with Crippen molar-refractivity contribution < 1.29 is 4.74 Å². The van der Waals surface area contributed by atoms with Gasteiger partial charge in [0.15, 0.2) is 5.96 Å². The fraction of sp³-hybridized carbons (Fsp3) is 0.640. The van der Waals surface area contributed by atoms with Gasteiger partial charge in [0.05, 0.1) is 12.6 Å². The molecule has 0 fully saturated rings. The first-order valence-electron chi connectivity index (χ1n) is 12.3. The van der Waals surface area contributed by atoms with Crippen molar-refractivity contribution in [2.45, 2.75) is 91.8 Å². The van der Waals surface area contributed by atoms with Crippen LogP contribution in [0.2, 0.25) is 0 Å². The zero-order chi connectivity index (χ0) is 22.8. The Bertz CT molecular complexity index is 882. The number of benzene rings is 1. The van der Waals surface area contributed by atoms with Crippen molar-refractivity contribution >= 4 is 29.9 Å². The number of halogens is 1. The SMILES string of the molecule is CCNC(=NCc1ccc(C)cc1OC(C)CC)NCCCc1nnc2n1CCCCC2.I. The van der Waals surface area contributed by atoms with Crippen LogP contribution in [0.1, 0.15) is 75.7 Å².